The first-order valence-electron chi connectivity index (χ1n) is 14.6. The molecule has 4 rings (SSSR count). The molecule has 0 unspecified atom stereocenters. The van der Waals surface area contributed by atoms with E-state index in [9.17, 15) is 29.4 Å². The number of hydrogen-bond donors (Lipinski definition) is 6. The first-order valence-corrected chi connectivity index (χ1v) is 14.6. The molecular weight excluding hydrogens is 562 g/mol. The fourth-order valence-corrected chi connectivity index (χ4v) is 5.41. The Morgan fingerprint density at radius 3 is 1.98 bits per heavy atom. The van der Waals surface area contributed by atoms with E-state index in [4.69, 9.17) is 11.5 Å². The molecule has 4 amide bonds. The topological polar surface area (TPSA) is 188 Å². The number of carbonyl (C=O) groups is 4. The molecule has 8 N–H and O–H groups in total. The van der Waals surface area contributed by atoms with Crippen molar-refractivity contribution in [3.63, 3.8) is 0 Å². The summed E-state index contributed by atoms with van der Waals surface area (Å²) in [5.41, 5.74) is 13.9. The van der Waals surface area contributed by atoms with Crippen LogP contribution in [-0.4, -0.2) is 75.6 Å². The van der Waals surface area contributed by atoms with Crippen LogP contribution in [0.25, 0.3) is 0 Å². The highest BCUT2D eigenvalue weighted by Crippen LogP contribution is 2.20. The molecule has 0 saturated carbocycles. The number of aliphatic hydroxyl groups excluding tert-OH is 1. The lowest BCUT2D eigenvalue weighted by Crippen LogP contribution is -2.58. The Morgan fingerprint density at radius 1 is 0.818 bits per heavy atom. The highest BCUT2D eigenvalue weighted by atomic mass is 16.3. The quantitative estimate of drug-likeness (QED) is 0.165. The molecule has 1 heterocycles. The number of aromatic hydroxyl groups is 1. The highest BCUT2D eigenvalue weighted by molar-refractivity contribution is 5.94. The van der Waals surface area contributed by atoms with E-state index >= 15 is 0 Å². The molecule has 44 heavy (non-hydrogen) atoms. The number of rotatable bonds is 13. The summed E-state index contributed by atoms with van der Waals surface area (Å²) in [6.45, 7) is 0.347. The third-order valence-corrected chi connectivity index (χ3v) is 7.76. The normalized spacial score (nSPS) is 17.2. The van der Waals surface area contributed by atoms with Crippen LogP contribution >= 0.6 is 0 Å². The average Bonchev–Trinajstić information content (AvgIpc) is 3.52. The summed E-state index contributed by atoms with van der Waals surface area (Å²) in [4.78, 5) is 54.0. The number of amides is 4. The molecule has 5 atom stereocenters. The number of hydrogen-bond acceptors (Lipinski definition) is 7. The standard InChI is InChI=1S/C33H39N5O6/c34-25(18-23-13-15-24(39)16-14-23)33(44)38-17-7-12-28(38)32(43)37-27(20-22-10-5-2-6-11-22)31(42)36-26(29(40)30(35)41)19-21-8-3-1-4-9-21/h1-6,8-11,13-16,25-29,39-40H,7,12,17-20,34H2,(H2,35,41)(H,36,42)(H,37,43)/t25-,26-,27-,28-,29-/m0/s1. The van der Waals surface area contributed by atoms with Crippen molar-refractivity contribution in [1.29, 1.82) is 0 Å². The second-order valence-corrected chi connectivity index (χ2v) is 11.1. The summed E-state index contributed by atoms with van der Waals surface area (Å²) < 4.78 is 0. The van der Waals surface area contributed by atoms with Crippen LogP contribution in [0.15, 0.2) is 84.9 Å². The fraction of sp³-hybridized carbons (Fsp3) is 0.333. The second-order valence-electron chi connectivity index (χ2n) is 11.1. The molecule has 232 valence electrons. The van der Waals surface area contributed by atoms with Gasteiger partial charge in [0.25, 0.3) is 0 Å². The summed E-state index contributed by atoms with van der Waals surface area (Å²) >= 11 is 0. The van der Waals surface area contributed by atoms with E-state index < -0.39 is 48.0 Å². The maximum absolute atomic E-state index is 13.7. The van der Waals surface area contributed by atoms with Crippen LogP contribution in [0.3, 0.4) is 0 Å². The maximum atomic E-state index is 13.7. The number of phenolic OH excluding ortho intramolecular Hbond substituents is 1. The van der Waals surface area contributed by atoms with E-state index in [0.717, 1.165) is 16.7 Å². The van der Waals surface area contributed by atoms with Crippen LogP contribution < -0.4 is 22.1 Å². The Hall–Kier alpha value is -4.74. The molecule has 1 fully saturated rings. The van der Waals surface area contributed by atoms with Crippen molar-refractivity contribution in [2.45, 2.75) is 62.4 Å². The van der Waals surface area contributed by atoms with Gasteiger partial charge in [-0.25, -0.2) is 0 Å². The van der Waals surface area contributed by atoms with Crippen molar-refractivity contribution in [1.82, 2.24) is 15.5 Å². The Kier molecular flexibility index (Phi) is 11.1. The lowest BCUT2D eigenvalue weighted by molar-refractivity contribution is -0.140. The Balaban J connectivity index is 1.49. The molecule has 0 aromatic heterocycles. The number of nitrogens with two attached hydrogens (primary N) is 2. The molecule has 1 aliphatic rings. The van der Waals surface area contributed by atoms with Gasteiger partial charge in [-0.05, 0) is 54.5 Å². The molecular formula is C33H39N5O6. The Morgan fingerprint density at radius 2 is 1.39 bits per heavy atom. The van der Waals surface area contributed by atoms with Crippen molar-refractivity contribution in [3.05, 3.63) is 102 Å². The number of benzene rings is 3. The van der Waals surface area contributed by atoms with Crippen molar-refractivity contribution in [3.8, 4) is 5.75 Å². The zero-order valence-corrected chi connectivity index (χ0v) is 24.3. The first kappa shape index (κ1) is 32.2. The first-order chi connectivity index (χ1) is 21.1. The van der Waals surface area contributed by atoms with Gasteiger partial charge in [0, 0.05) is 13.0 Å². The maximum Gasteiger partial charge on any atom is 0.248 e. The third kappa shape index (κ3) is 8.65. The number of carbonyl (C=O) groups excluding carboxylic acids is 4. The molecule has 3 aromatic rings. The number of aliphatic hydroxyl groups is 1. The number of likely N-dealkylation sites (tertiary alicyclic amines) is 1. The minimum atomic E-state index is -1.66. The van der Waals surface area contributed by atoms with Gasteiger partial charge in [-0.15, -0.1) is 0 Å². The van der Waals surface area contributed by atoms with Gasteiger partial charge in [-0.3, -0.25) is 19.2 Å². The summed E-state index contributed by atoms with van der Waals surface area (Å²) in [6.07, 6.45) is -0.176. The van der Waals surface area contributed by atoms with Gasteiger partial charge in [-0.1, -0.05) is 72.8 Å². The predicted molar refractivity (Wildman–Crippen MR) is 164 cm³/mol. The van der Waals surface area contributed by atoms with Crippen LogP contribution in [0.1, 0.15) is 29.5 Å². The summed E-state index contributed by atoms with van der Waals surface area (Å²) in [6, 6.07) is 20.7. The van der Waals surface area contributed by atoms with Crippen molar-refractivity contribution in [2.24, 2.45) is 11.5 Å². The summed E-state index contributed by atoms with van der Waals surface area (Å²) in [5.74, 6) is -2.37. The second kappa shape index (κ2) is 15.1. The number of phenols is 1. The van der Waals surface area contributed by atoms with E-state index in [1.54, 1.807) is 36.4 Å². The molecule has 0 bridgehead atoms. The van der Waals surface area contributed by atoms with E-state index in [2.05, 4.69) is 10.6 Å². The van der Waals surface area contributed by atoms with Crippen LogP contribution in [-0.2, 0) is 38.4 Å². The minimum absolute atomic E-state index is 0.106. The molecule has 11 nitrogen and oxygen atoms in total. The minimum Gasteiger partial charge on any atom is -0.508 e. The van der Waals surface area contributed by atoms with Crippen molar-refractivity contribution in [2.75, 3.05) is 6.54 Å². The number of nitrogens with zero attached hydrogens (tertiary/aromatic N) is 1. The smallest absolute Gasteiger partial charge is 0.248 e. The predicted octanol–water partition coefficient (Wildman–Crippen LogP) is 0.554. The van der Waals surface area contributed by atoms with Crippen molar-refractivity contribution >= 4 is 23.6 Å². The van der Waals surface area contributed by atoms with E-state index in [-0.39, 0.29) is 30.9 Å². The monoisotopic (exact) mass is 601 g/mol. The summed E-state index contributed by atoms with van der Waals surface area (Å²) in [7, 11) is 0. The largest absolute Gasteiger partial charge is 0.508 e. The molecule has 1 aliphatic heterocycles. The molecule has 1 saturated heterocycles. The van der Waals surface area contributed by atoms with Gasteiger partial charge >= 0.3 is 0 Å². The van der Waals surface area contributed by atoms with Crippen LogP contribution in [0.2, 0.25) is 0 Å². The highest BCUT2D eigenvalue weighted by Gasteiger charge is 2.38. The Labute approximate surface area is 256 Å². The fourth-order valence-electron chi connectivity index (χ4n) is 5.41. The average molecular weight is 602 g/mol. The van der Waals surface area contributed by atoms with Gasteiger partial charge in [0.1, 0.15) is 17.8 Å². The lowest BCUT2D eigenvalue weighted by Gasteiger charge is -2.29. The summed E-state index contributed by atoms with van der Waals surface area (Å²) in [5, 5.41) is 25.6. The van der Waals surface area contributed by atoms with Crippen LogP contribution in [0, 0.1) is 0 Å². The number of primary amides is 1. The van der Waals surface area contributed by atoms with Gasteiger partial charge in [0.2, 0.25) is 23.6 Å². The molecule has 0 spiro atoms. The molecule has 11 heteroatoms. The van der Waals surface area contributed by atoms with Gasteiger partial charge in [-0.2, -0.15) is 0 Å². The van der Waals surface area contributed by atoms with Gasteiger partial charge < -0.3 is 37.2 Å². The Bertz CT molecular complexity index is 1420. The van der Waals surface area contributed by atoms with E-state index in [1.165, 1.54) is 17.0 Å². The van der Waals surface area contributed by atoms with E-state index in [1.807, 2.05) is 36.4 Å². The lowest BCUT2D eigenvalue weighted by atomic mass is 9.99. The van der Waals surface area contributed by atoms with Gasteiger partial charge in [0.05, 0.1) is 12.1 Å². The molecule has 0 aliphatic carbocycles. The third-order valence-electron chi connectivity index (χ3n) is 7.76. The van der Waals surface area contributed by atoms with Gasteiger partial charge in [0.15, 0.2) is 6.10 Å². The van der Waals surface area contributed by atoms with Crippen LogP contribution in [0.5, 0.6) is 5.75 Å². The molecule has 3 aromatic carbocycles. The zero-order valence-electron chi connectivity index (χ0n) is 24.3. The van der Waals surface area contributed by atoms with Crippen LogP contribution in [0.4, 0.5) is 0 Å². The number of nitrogens with one attached hydrogen (secondary N) is 2. The van der Waals surface area contributed by atoms with Crippen molar-refractivity contribution < 1.29 is 29.4 Å². The zero-order chi connectivity index (χ0) is 31.6. The molecule has 0 radical (unpaired) electrons. The van der Waals surface area contributed by atoms with E-state index in [0.29, 0.717) is 19.4 Å². The SMILES string of the molecule is NC(=O)[C@@H](O)[C@H](Cc1ccccc1)NC(=O)[C@H](Cc1ccccc1)NC(=O)[C@@H]1CCCN1C(=O)[C@@H](N)Cc1ccc(O)cc1.